The molecule has 2 unspecified atom stereocenters. The number of rotatable bonds is 12. The Hall–Kier alpha value is 0.580. The van der Waals surface area contributed by atoms with Crippen LogP contribution in [0.4, 0.5) is 0 Å². The monoisotopic (exact) mass is 280 g/mol. The van der Waals surface area contributed by atoms with Crippen LogP contribution < -0.4 is 0 Å². The van der Waals surface area contributed by atoms with Gasteiger partial charge in [-0.3, -0.25) is 0 Å². The van der Waals surface area contributed by atoms with E-state index in [-0.39, 0.29) is 10.8 Å². The molecule has 0 N–H and O–H groups in total. The van der Waals surface area contributed by atoms with E-state index >= 15 is 0 Å². The Labute approximate surface area is 118 Å². The molecule has 0 radical (unpaired) electrons. The van der Waals surface area contributed by atoms with Crippen LogP contribution in [-0.4, -0.2) is 10.8 Å². The van der Waals surface area contributed by atoms with Gasteiger partial charge in [0, 0.05) is 10.8 Å². The Balaban J connectivity index is 3.36. The van der Waals surface area contributed by atoms with E-state index in [0.717, 1.165) is 12.8 Å². The lowest BCUT2D eigenvalue weighted by molar-refractivity contribution is 0.552. The molecule has 0 aliphatic rings. The van der Waals surface area contributed by atoms with Crippen LogP contribution in [-0.2, 0) is 0 Å². The standard InChI is InChI=1S/C15H30Cl2/c1-3-5-7-9-11-13-15(17)14(16)12-10-8-6-4-2/h14-15H,3-13H2,1-2H3. The highest BCUT2D eigenvalue weighted by Gasteiger charge is 2.15. The Kier molecular flexibility index (Phi) is 13.5. The van der Waals surface area contributed by atoms with Gasteiger partial charge < -0.3 is 0 Å². The molecule has 0 fully saturated rings. The number of unbranched alkanes of at least 4 members (excludes halogenated alkanes) is 7. The van der Waals surface area contributed by atoms with E-state index < -0.39 is 0 Å². The minimum Gasteiger partial charge on any atom is -0.121 e. The summed E-state index contributed by atoms with van der Waals surface area (Å²) in [6.45, 7) is 4.48. The van der Waals surface area contributed by atoms with Gasteiger partial charge in [0.15, 0.2) is 0 Å². The van der Waals surface area contributed by atoms with Crippen molar-refractivity contribution in [3.8, 4) is 0 Å². The van der Waals surface area contributed by atoms with E-state index in [9.17, 15) is 0 Å². The van der Waals surface area contributed by atoms with Crippen molar-refractivity contribution in [1.29, 1.82) is 0 Å². The molecule has 0 aromatic rings. The summed E-state index contributed by atoms with van der Waals surface area (Å²) in [6, 6.07) is 0. The zero-order chi connectivity index (χ0) is 12.9. The highest BCUT2D eigenvalue weighted by molar-refractivity contribution is 6.29. The fourth-order valence-corrected chi connectivity index (χ4v) is 2.63. The molecular weight excluding hydrogens is 251 g/mol. The van der Waals surface area contributed by atoms with Gasteiger partial charge in [0.25, 0.3) is 0 Å². The molecule has 0 aromatic carbocycles. The van der Waals surface area contributed by atoms with Crippen molar-refractivity contribution < 1.29 is 0 Å². The van der Waals surface area contributed by atoms with E-state index in [4.69, 9.17) is 23.2 Å². The molecule has 0 amide bonds. The summed E-state index contributed by atoms with van der Waals surface area (Å²) in [7, 11) is 0. The molecule has 0 heterocycles. The van der Waals surface area contributed by atoms with E-state index in [1.807, 2.05) is 0 Å². The van der Waals surface area contributed by atoms with Gasteiger partial charge >= 0.3 is 0 Å². The third-order valence-corrected chi connectivity index (χ3v) is 4.48. The zero-order valence-corrected chi connectivity index (χ0v) is 13.2. The molecule has 0 bridgehead atoms. The van der Waals surface area contributed by atoms with Gasteiger partial charge in [-0.15, -0.1) is 23.2 Å². The second-order valence-corrected chi connectivity index (χ2v) is 6.21. The highest BCUT2D eigenvalue weighted by atomic mass is 35.5. The Morgan fingerprint density at radius 1 is 0.588 bits per heavy atom. The molecular formula is C15H30Cl2. The van der Waals surface area contributed by atoms with Gasteiger partial charge in [0.1, 0.15) is 0 Å². The summed E-state index contributed by atoms with van der Waals surface area (Å²) in [4.78, 5) is 0. The summed E-state index contributed by atoms with van der Waals surface area (Å²) in [6.07, 6.45) is 13.9. The fourth-order valence-electron chi connectivity index (χ4n) is 2.07. The normalized spacial score (nSPS) is 14.8. The maximum Gasteiger partial charge on any atom is 0.0499 e. The van der Waals surface area contributed by atoms with Gasteiger partial charge in [-0.05, 0) is 12.8 Å². The van der Waals surface area contributed by atoms with Crippen molar-refractivity contribution in [2.75, 3.05) is 0 Å². The summed E-state index contributed by atoms with van der Waals surface area (Å²) < 4.78 is 0. The molecule has 0 rings (SSSR count). The van der Waals surface area contributed by atoms with Crippen molar-refractivity contribution in [2.45, 2.75) is 95.2 Å². The van der Waals surface area contributed by atoms with E-state index in [2.05, 4.69) is 13.8 Å². The van der Waals surface area contributed by atoms with Crippen molar-refractivity contribution in [3.05, 3.63) is 0 Å². The number of hydrogen-bond acceptors (Lipinski definition) is 0. The van der Waals surface area contributed by atoms with Gasteiger partial charge in [-0.2, -0.15) is 0 Å². The molecule has 0 spiro atoms. The molecule has 2 atom stereocenters. The van der Waals surface area contributed by atoms with Crippen LogP contribution in [0.2, 0.25) is 0 Å². The topological polar surface area (TPSA) is 0 Å². The summed E-state index contributed by atoms with van der Waals surface area (Å²) in [5.41, 5.74) is 0. The van der Waals surface area contributed by atoms with Gasteiger partial charge in [0.2, 0.25) is 0 Å². The maximum atomic E-state index is 6.32. The van der Waals surface area contributed by atoms with E-state index in [1.165, 1.54) is 57.8 Å². The van der Waals surface area contributed by atoms with Crippen LogP contribution in [0.3, 0.4) is 0 Å². The predicted molar refractivity (Wildman–Crippen MR) is 81.4 cm³/mol. The quantitative estimate of drug-likeness (QED) is 0.282. The lowest BCUT2D eigenvalue weighted by Gasteiger charge is -2.15. The number of halogens is 2. The lowest BCUT2D eigenvalue weighted by atomic mass is 10.0. The van der Waals surface area contributed by atoms with Crippen molar-refractivity contribution in [3.63, 3.8) is 0 Å². The smallest absolute Gasteiger partial charge is 0.0499 e. The van der Waals surface area contributed by atoms with Gasteiger partial charge in [-0.25, -0.2) is 0 Å². The first kappa shape index (κ1) is 17.6. The largest absolute Gasteiger partial charge is 0.121 e. The minimum absolute atomic E-state index is 0.180. The average molecular weight is 281 g/mol. The minimum atomic E-state index is 0.180. The first-order valence-corrected chi connectivity index (χ1v) is 8.37. The van der Waals surface area contributed by atoms with Crippen LogP contribution in [0.5, 0.6) is 0 Å². The molecule has 17 heavy (non-hydrogen) atoms. The van der Waals surface area contributed by atoms with Crippen LogP contribution in [0.1, 0.15) is 84.5 Å². The Bertz CT molecular complexity index is 148. The molecule has 0 aliphatic carbocycles. The number of alkyl halides is 2. The predicted octanol–water partition coefficient (Wildman–Crippen LogP) is 6.53. The van der Waals surface area contributed by atoms with Crippen LogP contribution in [0.15, 0.2) is 0 Å². The van der Waals surface area contributed by atoms with Crippen molar-refractivity contribution >= 4 is 23.2 Å². The Morgan fingerprint density at radius 2 is 0.941 bits per heavy atom. The molecule has 0 aliphatic heterocycles. The summed E-state index contributed by atoms with van der Waals surface area (Å²) in [5, 5.41) is 0.361. The van der Waals surface area contributed by atoms with Crippen molar-refractivity contribution in [2.24, 2.45) is 0 Å². The summed E-state index contributed by atoms with van der Waals surface area (Å²) in [5.74, 6) is 0. The SMILES string of the molecule is CCCCCCCC(Cl)C(Cl)CCCCCC. The fraction of sp³-hybridized carbons (Fsp3) is 1.00. The Morgan fingerprint density at radius 3 is 1.35 bits per heavy atom. The second kappa shape index (κ2) is 13.0. The van der Waals surface area contributed by atoms with Crippen LogP contribution in [0, 0.1) is 0 Å². The van der Waals surface area contributed by atoms with Gasteiger partial charge in [-0.1, -0.05) is 71.6 Å². The summed E-state index contributed by atoms with van der Waals surface area (Å²) >= 11 is 12.6. The molecule has 0 saturated heterocycles. The molecule has 0 aromatic heterocycles. The lowest BCUT2D eigenvalue weighted by Crippen LogP contribution is -2.14. The van der Waals surface area contributed by atoms with Crippen LogP contribution >= 0.6 is 23.2 Å². The molecule has 0 saturated carbocycles. The average Bonchev–Trinajstić information content (AvgIpc) is 2.34. The maximum absolute atomic E-state index is 6.32. The first-order chi connectivity index (χ1) is 8.22. The third-order valence-electron chi connectivity index (χ3n) is 3.31. The van der Waals surface area contributed by atoms with Crippen LogP contribution in [0.25, 0.3) is 0 Å². The number of hydrogen-bond donors (Lipinski definition) is 0. The highest BCUT2D eigenvalue weighted by Crippen LogP contribution is 2.22. The molecule has 2 heteroatoms. The van der Waals surface area contributed by atoms with E-state index in [0.29, 0.717) is 0 Å². The zero-order valence-electron chi connectivity index (χ0n) is 11.7. The third kappa shape index (κ3) is 11.4. The van der Waals surface area contributed by atoms with E-state index in [1.54, 1.807) is 0 Å². The van der Waals surface area contributed by atoms with Gasteiger partial charge in [0.05, 0.1) is 0 Å². The molecule has 0 nitrogen and oxygen atoms in total. The molecule has 104 valence electrons. The first-order valence-electron chi connectivity index (χ1n) is 7.50. The second-order valence-electron chi connectivity index (χ2n) is 5.08. The van der Waals surface area contributed by atoms with Crippen molar-refractivity contribution in [1.82, 2.24) is 0 Å².